The summed E-state index contributed by atoms with van der Waals surface area (Å²) in [5, 5.41) is 14.3. The van der Waals surface area contributed by atoms with E-state index < -0.39 is 23.0 Å². The van der Waals surface area contributed by atoms with Crippen LogP contribution in [0, 0.1) is 5.41 Å². The summed E-state index contributed by atoms with van der Waals surface area (Å²) in [6, 6.07) is 6.68. The molecule has 0 bridgehead atoms. The van der Waals surface area contributed by atoms with Gasteiger partial charge in [-0.25, -0.2) is 4.98 Å². The van der Waals surface area contributed by atoms with Gasteiger partial charge in [0.1, 0.15) is 23.6 Å². The number of pyridine rings is 2. The van der Waals surface area contributed by atoms with E-state index >= 15 is 0 Å². The smallest absolute Gasteiger partial charge is 0.256 e. The number of nitrogens with zero attached hydrogens (tertiary/aromatic N) is 5. The lowest BCUT2D eigenvalue weighted by Gasteiger charge is -2.50. The number of aliphatic hydroxyl groups is 1. The van der Waals surface area contributed by atoms with Crippen molar-refractivity contribution in [3.63, 3.8) is 0 Å². The van der Waals surface area contributed by atoms with Gasteiger partial charge < -0.3 is 14.4 Å². The first kappa shape index (κ1) is 25.3. The van der Waals surface area contributed by atoms with Crippen molar-refractivity contribution < 1.29 is 23.9 Å². The van der Waals surface area contributed by atoms with Gasteiger partial charge in [0.15, 0.2) is 6.39 Å². The largest absolute Gasteiger partial charge is 0.451 e. The predicted molar refractivity (Wildman–Crippen MR) is 138 cm³/mol. The Bertz CT molecular complexity index is 1440. The molecule has 11 nitrogen and oxygen atoms in total. The van der Waals surface area contributed by atoms with Crippen LogP contribution >= 0.6 is 0 Å². The Morgan fingerprint density at radius 2 is 1.97 bits per heavy atom. The lowest BCUT2D eigenvalue weighted by atomic mass is 9.68. The average molecular weight is 531 g/mol. The van der Waals surface area contributed by atoms with E-state index in [1.54, 1.807) is 18.4 Å². The maximum atomic E-state index is 13.1. The molecule has 0 aliphatic carbocycles. The Hall–Kier alpha value is -3.96. The van der Waals surface area contributed by atoms with E-state index in [4.69, 9.17) is 9.40 Å². The molecule has 0 radical (unpaired) electrons. The summed E-state index contributed by atoms with van der Waals surface area (Å²) in [6.07, 6.45) is 5.74. The van der Waals surface area contributed by atoms with E-state index in [9.17, 15) is 19.5 Å². The predicted octanol–water partition coefficient (Wildman–Crippen LogP) is 2.01. The monoisotopic (exact) mass is 530 g/mol. The Kier molecular flexibility index (Phi) is 6.07. The van der Waals surface area contributed by atoms with Gasteiger partial charge in [-0.05, 0) is 36.6 Å². The van der Waals surface area contributed by atoms with E-state index in [0.29, 0.717) is 55.1 Å². The number of amides is 3. The number of carbonyl (C=O) groups excluding carboxylic acids is 3. The number of oxazole rings is 1. The Morgan fingerprint density at radius 1 is 1.13 bits per heavy atom. The van der Waals surface area contributed by atoms with Crippen molar-refractivity contribution in [2.24, 2.45) is 5.41 Å². The third-order valence-corrected chi connectivity index (χ3v) is 8.25. The maximum absolute atomic E-state index is 13.1. The van der Waals surface area contributed by atoms with E-state index in [2.05, 4.69) is 20.2 Å². The van der Waals surface area contributed by atoms with Crippen LogP contribution in [0.25, 0.3) is 11.4 Å². The van der Waals surface area contributed by atoms with Gasteiger partial charge in [0, 0.05) is 37.7 Å². The van der Waals surface area contributed by atoms with E-state index in [1.165, 1.54) is 11.3 Å². The van der Waals surface area contributed by atoms with E-state index in [0.717, 1.165) is 11.3 Å². The molecule has 2 atom stereocenters. The molecular formula is C28H30N6O5. The Morgan fingerprint density at radius 3 is 2.67 bits per heavy atom. The van der Waals surface area contributed by atoms with Crippen LogP contribution in [-0.2, 0) is 28.3 Å². The lowest BCUT2D eigenvalue weighted by molar-refractivity contribution is -0.137. The molecule has 202 valence electrons. The molecule has 39 heavy (non-hydrogen) atoms. The minimum absolute atomic E-state index is 0.175. The van der Waals surface area contributed by atoms with Crippen molar-refractivity contribution in [3.05, 3.63) is 65.6 Å². The van der Waals surface area contributed by atoms with Crippen LogP contribution in [0.3, 0.4) is 0 Å². The molecule has 3 aromatic rings. The molecule has 3 aliphatic heterocycles. The average Bonchev–Trinajstić information content (AvgIpc) is 3.55. The highest BCUT2D eigenvalue weighted by Crippen LogP contribution is 2.46. The molecule has 2 saturated heterocycles. The van der Waals surface area contributed by atoms with Gasteiger partial charge in [-0.1, -0.05) is 19.9 Å². The molecule has 11 heteroatoms. The zero-order valence-corrected chi connectivity index (χ0v) is 21.9. The van der Waals surface area contributed by atoms with Crippen molar-refractivity contribution in [1.29, 1.82) is 0 Å². The quantitative estimate of drug-likeness (QED) is 0.474. The molecule has 2 unspecified atom stereocenters. The second-order valence-electron chi connectivity index (χ2n) is 11.2. The minimum Gasteiger partial charge on any atom is -0.451 e. The number of carbonyl (C=O) groups is 3. The van der Waals surface area contributed by atoms with Crippen LogP contribution in [0.4, 0.5) is 0 Å². The normalized spacial score (nSPS) is 25.1. The number of rotatable bonds is 5. The number of nitrogens with one attached hydrogen (secondary N) is 1. The summed E-state index contributed by atoms with van der Waals surface area (Å²) in [6.45, 7) is 6.22. The molecule has 2 fully saturated rings. The van der Waals surface area contributed by atoms with E-state index in [-0.39, 0.29) is 24.8 Å². The van der Waals surface area contributed by atoms with Crippen LogP contribution in [0.2, 0.25) is 0 Å². The first-order chi connectivity index (χ1) is 18.6. The first-order valence-corrected chi connectivity index (χ1v) is 13.1. The van der Waals surface area contributed by atoms with Crippen molar-refractivity contribution >= 4 is 17.7 Å². The number of likely N-dealkylation sites (tertiary alicyclic amines) is 1. The van der Waals surface area contributed by atoms with Crippen LogP contribution in [0.5, 0.6) is 0 Å². The molecule has 6 rings (SSSR count). The Balaban J connectivity index is 1.16. The van der Waals surface area contributed by atoms with Crippen LogP contribution in [0.1, 0.15) is 60.4 Å². The summed E-state index contributed by atoms with van der Waals surface area (Å²) in [5.74, 6) is -1.05. The highest BCUT2D eigenvalue weighted by atomic mass is 16.3. The standard InChI is InChI=1S/C28H30N6O5/c1-27(2)15-33(12-17-3-5-19(29-11-17)21-14-39-16-30-21)10-9-28(27,38)23-7-4-18-20(31-23)13-34(26(18)37)22-6-8-24(35)32-25(22)36/h3-5,7,11,14,16,22,38H,6,8-10,12-13,15H2,1-2H3,(H,32,35,36). The van der Waals surface area contributed by atoms with Crippen molar-refractivity contribution in [3.8, 4) is 11.4 Å². The molecule has 3 aliphatic rings. The molecular weight excluding hydrogens is 500 g/mol. The van der Waals surface area contributed by atoms with Crippen LogP contribution < -0.4 is 5.32 Å². The van der Waals surface area contributed by atoms with Gasteiger partial charge in [0.05, 0.1) is 29.2 Å². The number of aromatic nitrogens is 3. The maximum Gasteiger partial charge on any atom is 0.256 e. The minimum atomic E-state index is -1.20. The SMILES string of the molecule is CC1(C)CN(Cc2ccc(-c3cocn3)nc2)CCC1(O)c1ccc2c(n1)CN(C1CCC(=O)NC1=O)C2=O. The zero-order valence-electron chi connectivity index (χ0n) is 21.9. The topological polar surface area (TPSA) is 142 Å². The van der Waals surface area contributed by atoms with Gasteiger partial charge in [0.2, 0.25) is 11.8 Å². The van der Waals surface area contributed by atoms with Crippen molar-refractivity contribution in [2.75, 3.05) is 13.1 Å². The summed E-state index contributed by atoms with van der Waals surface area (Å²) < 4.78 is 5.04. The molecule has 3 amide bonds. The summed E-state index contributed by atoms with van der Waals surface area (Å²) in [5.41, 5.74) is 2.28. The number of piperidine rings is 2. The molecule has 6 heterocycles. The molecule has 3 aromatic heterocycles. The third kappa shape index (κ3) is 4.41. The fourth-order valence-corrected chi connectivity index (χ4v) is 5.97. The fourth-order valence-electron chi connectivity index (χ4n) is 5.97. The van der Waals surface area contributed by atoms with Gasteiger partial charge in [-0.3, -0.25) is 34.6 Å². The second kappa shape index (κ2) is 9.35. The van der Waals surface area contributed by atoms with Gasteiger partial charge in [-0.15, -0.1) is 0 Å². The van der Waals surface area contributed by atoms with Crippen molar-refractivity contribution in [1.82, 2.24) is 30.1 Å². The summed E-state index contributed by atoms with van der Waals surface area (Å²) >= 11 is 0. The molecule has 0 aromatic carbocycles. The Labute approximate surface area is 225 Å². The lowest BCUT2D eigenvalue weighted by Crippen LogP contribution is -2.55. The van der Waals surface area contributed by atoms with Crippen LogP contribution in [-0.4, -0.2) is 66.7 Å². The molecule has 0 spiro atoms. The van der Waals surface area contributed by atoms with Gasteiger partial charge >= 0.3 is 0 Å². The highest BCUT2D eigenvalue weighted by molar-refractivity contribution is 6.05. The number of hydrogen-bond donors (Lipinski definition) is 2. The fraction of sp³-hybridized carbons (Fsp3) is 0.429. The molecule has 0 saturated carbocycles. The number of imide groups is 1. The van der Waals surface area contributed by atoms with Gasteiger partial charge in [0.25, 0.3) is 5.91 Å². The highest BCUT2D eigenvalue weighted by Gasteiger charge is 2.50. The number of fused-ring (bicyclic) bond motifs is 1. The van der Waals surface area contributed by atoms with Crippen molar-refractivity contribution in [2.45, 2.75) is 57.8 Å². The second-order valence-corrected chi connectivity index (χ2v) is 11.2. The summed E-state index contributed by atoms with van der Waals surface area (Å²) in [4.78, 5) is 54.2. The third-order valence-electron chi connectivity index (χ3n) is 8.25. The zero-order chi connectivity index (χ0) is 27.4. The van der Waals surface area contributed by atoms with E-state index in [1.807, 2.05) is 32.2 Å². The van der Waals surface area contributed by atoms with Crippen LogP contribution in [0.15, 0.2) is 47.5 Å². The first-order valence-electron chi connectivity index (χ1n) is 13.1. The summed E-state index contributed by atoms with van der Waals surface area (Å²) in [7, 11) is 0. The molecule has 2 N–H and O–H groups in total. The number of hydrogen-bond acceptors (Lipinski definition) is 9. The van der Waals surface area contributed by atoms with Gasteiger partial charge in [-0.2, -0.15) is 0 Å².